The zero-order valence-corrected chi connectivity index (χ0v) is 11.2. The fourth-order valence-corrected chi connectivity index (χ4v) is 2.32. The van der Waals surface area contributed by atoms with Crippen molar-refractivity contribution in [2.45, 2.75) is 0 Å². The van der Waals surface area contributed by atoms with Crippen LogP contribution in [0.5, 0.6) is 0 Å². The highest BCUT2D eigenvalue weighted by Crippen LogP contribution is 2.26. The van der Waals surface area contributed by atoms with Gasteiger partial charge in [0.15, 0.2) is 11.1 Å². The number of pyridine rings is 1. The zero-order valence-electron chi connectivity index (χ0n) is 8.91. The Kier molecular flexibility index (Phi) is 2.53. The molecule has 0 saturated carbocycles. The number of anilines is 1. The molecule has 0 bridgehead atoms. The van der Waals surface area contributed by atoms with Crippen LogP contribution in [0.2, 0.25) is 5.02 Å². The van der Waals surface area contributed by atoms with E-state index in [1.807, 2.05) is 0 Å². The third-order valence-corrected chi connectivity index (χ3v) is 3.56. The Balaban J connectivity index is 2.62. The molecule has 0 atom stereocenters. The van der Waals surface area contributed by atoms with E-state index in [0.29, 0.717) is 26.0 Å². The molecule has 3 aromatic rings. The average molecular weight is 326 g/mol. The lowest BCUT2D eigenvalue weighted by Gasteiger charge is -2.04. The normalized spacial score (nSPS) is 11.2. The van der Waals surface area contributed by atoms with Crippen molar-refractivity contribution in [1.29, 1.82) is 0 Å². The molecule has 0 spiro atoms. The molecule has 0 radical (unpaired) electrons. The number of rotatable bonds is 0. The van der Waals surface area contributed by atoms with Crippen molar-refractivity contribution in [3.05, 3.63) is 44.0 Å². The van der Waals surface area contributed by atoms with Gasteiger partial charge in [-0.15, -0.1) is 0 Å². The fraction of sp³-hybridized carbons (Fsp3) is 0. The molecule has 0 aliphatic rings. The second kappa shape index (κ2) is 3.96. The maximum Gasteiger partial charge on any atom is 0.220 e. The molecule has 0 unspecified atom stereocenters. The van der Waals surface area contributed by atoms with E-state index in [9.17, 15) is 4.79 Å². The van der Waals surface area contributed by atoms with Gasteiger partial charge >= 0.3 is 0 Å². The molecule has 2 heterocycles. The molecule has 0 fully saturated rings. The first-order valence-electron chi connectivity index (χ1n) is 5.05. The summed E-state index contributed by atoms with van der Waals surface area (Å²) in [7, 11) is 0. The van der Waals surface area contributed by atoms with Crippen LogP contribution in [-0.4, -0.2) is 4.98 Å². The van der Waals surface area contributed by atoms with Crippen LogP contribution >= 0.6 is 27.5 Å². The van der Waals surface area contributed by atoms with E-state index >= 15 is 0 Å². The van der Waals surface area contributed by atoms with E-state index in [1.54, 1.807) is 24.3 Å². The van der Waals surface area contributed by atoms with Crippen molar-refractivity contribution >= 4 is 55.4 Å². The number of hydrogen-bond donors (Lipinski definition) is 1. The van der Waals surface area contributed by atoms with Gasteiger partial charge in [-0.3, -0.25) is 4.79 Å². The summed E-state index contributed by atoms with van der Waals surface area (Å²) in [5.74, 6) is 0.237. The van der Waals surface area contributed by atoms with E-state index in [4.69, 9.17) is 21.8 Å². The first-order valence-corrected chi connectivity index (χ1v) is 6.22. The second-order valence-electron chi connectivity index (χ2n) is 3.75. The monoisotopic (exact) mass is 324 g/mol. The molecule has 3 rings (SSSR count). The van der Waals surface area contributed by atoms with E-state index in [-0.39, 0.29) is 16.8 Å². The summed E-state index contributed by atoms with van der Waals surface area (Å²) < 4.78 is 6.19. The number of benzene rings is 1. The van der Waals surface area contributed by atoms with Crippen molar-refractivity contribution in [2.75, 3.05) is 5.73 Å². The highest BCUT2D eigenvalue weighted by atomic mass is 79.9. The highest BCUT2D eigenvalue weighted by Gasteiger charge is 2.13. The molecule has 18 heavy (non-hydrogen) atoms. The minimum Gasteiger partial charge on any atom is -0.454 e. The van der Waals surface area contributed by atoms with Crippen LogP contribution < -0.4 is 11.2 Å². The second-order valence-corrected chi connectivity index (χ2v) is 5.01. The third kappa shape index (κ3) is 1.59. The maximum absolute atomic E-state index is 12.3. The summed E-state index contributed by atoms with van der Waals surface area (Å²) >= 11 is 9.25. The van der Waals surface area contributed by atoms with Gasteiger partial charge < -0.3 is 10.2 Å². The van der Waals surface area contributed by atoms with Gasteiger partial charge in [-0.25, -0.2) is 4.98 Å². The molecule has 0 saturated heterocycles. The number of hydrogen-bond acceptors (Lipinski definition) is 4. The van der Waals surface area contributed by atoms with Crippen molar-refractivity contribution in [1.82, 2.24) is 4.98 Å². The van der Waals surface area contributed by atoms with Crippen LogP contribution in [0.25, 0.3) is 22.1 Å². The summed E-state index contributed by atoms with van der Waals surface area (Å²) in [4.78, 5) is 16.3. The van der Waals surface area contributed by atoms with E-state index in [1.165, 1.54) is 0 Å². The lowest BCUT2D eigenvalue weighted by atomic mass is 10.2. The first kappa shape index (κ1) is 11.5. The van der Waals surface area contributed by atoms with Crippen LogP contribution in [0.3, 0.4) is 0 Å². The van der Waals surface area contributed by atoms with Crippen molar-refractivity contribution in [3.63, 3.8) is 0 Å². The Labute approximate surface area is 114 Å². The fourth-order valence-electron chi connectivity index (χ4n) is 1.77. The van der Waals surface area contributed by atoms with E-state index < -0.39 is 0 Å². The van der Waals surface area contributed by atoms with Gasteiger partial charge in [0.1, 0.15) is 11.4 Å². The minimum atomic E-state index is -0.281. The van der Waals surface area contributed by atoms with Crippen LogP contribution in [0.15, 0.2) is 37.9 Å². The number of halogens is 2. The molecule has 1 aromatic carbocycles. The largest absolute Gasteiger partial charge is 0.454 e. The van der Waals surface area contributed by atoms with Crippen LogP contribution in [-0.2, 0) is 0 Å². The summed E-state index contributed by atoms with van der Waals surface area (Å²) in [5, 5.41) is 0.660. The van der Waals surface area contributed by atoms with E-state index in [0.717, 1.165) is 0 Å². The predicted octanol–water partition coefficient (Wildman–Crippen LogP) is 3.34. The molecular weight excluding hydrogens is 320 g/mol. The number of nitrogens with zero attached hydrogens (tertiary/aromatic N) is 1. The Morgan fingerprint density at radius 1 is 1.33 bits per heavy atom. The Bertz CT molecular complexity index is 845. The molecule has 0 amide bonds. The summed E-state index contributed by atoms with van der Waals surface area (Å²) in [6.07, 6.45) is 0. The first-order chi connectivity index (χ1) is 8.58. The highest BCUT2D eigenvalue weighted by molar-refractivity contribution is 9.10. The lowest BCUT2D eigenvalue weighted by Crippen LogP contribution is -2.06. The van der Waals surface area contributed by atoms with Gasteiger partial charge in [-0.1, -0.05) is 17.7 Å². The number of fused-ring (bicyclic) bond motifs is 2. The van der Waals surface area contributed by atoms with Gasteiger partial charge in [0.2, 0.25) is 5.43 Å². The lowest BCUT2D eigenvalue weighted by molar-refractivity contribution is 0.658. The van der Waals surface area contributed by atoms with Crippen LogP contribution in [0, 0.1) is 0 Å². The smallest absolute Gasteiger partial charge is 0.220 e. The van der Waals surface area contributed by atoms with Gasteiger partial charge in [0, 0.05) is 6.07 Å². The quantitative estimate of drug-likeness (QED) is 0.644. The molecule has 0 aliphatic carbocycles. The van der Waals surface area contributed by atoms with Crippen LogP contribution in [0.1, 0.15) is 0 Å². The van der Waals surface area contributed by atoms with Crippen molar-refractivity contribution in [3.8, 4) is 0 Å². The molecule has 6 heteroatoms. The number of aromatic nitrogens is 1. The third-order valence-electron chi connectivity index (χ3n) is 2.61. The molecule has 2 N–H and O–H groups in total. The predicted molar refractivity (Wildman–Crippen MR) is 74.9 cm³/mol. The minimum absolute atomic E-state index is 0.177. The Morgan fingerprint density at radius 2 is 2.11 bits per heavy atom. The van der Waals surface area contributed by atoms with Crippen molar-refractivity contribution < 1.29 is 4.42 Å². The van der Waals surface area contributed by atoms with Crippen LogP contribution in [0.4, 0.5) is 5.82 Å². The molecule has 0 aliphatic heterocycles. The zero-order chi connectivity index (χ0) is 12.9. The number of nitrogens with two attached hydrogens (primary N) is 1. The molecule has 2 aromatic heterocycles. The summed E-state index contributed by atoms with van der Waals surface area (Å²) in [6, 6.07) is 6.67. The number of nitrogen functional groups attached to an aromatic ring is 1. The van der Waals surface area contributed by atoms with Gasteiger partial charge in [-0.05, 0) is 28.1 Å². The summed E-state index contributed by atoms with van der Waals surface area (Å²) in [6.45, 7) is 0. The van der Waals surface area contributed by atoms with Gasteiger partial charge in [0.25, 0.3) is 0 Å². The topological polar surface area (TPSA) is 69.1 Å². The van der Waals surface area contributed by atoms with Gasteiger partial charge in [0.05, 0.1) is 14.9 Å². The Hall–Kier alpha value is -1.59. The molecular formula is C12H6BrClN2O2. The molecule has 90 valence electrons. The summed E-state index contributed by atoms with van der Waals surface area (Å²) in [5.41, 5.74) is 6.36. The SMILES string of the molecule is Nc1nc2c(=O)c3c(Cl)cccc3oc2cc1Br. The van der Waals surface area contributed by atoms with Crippen molar-refractivity contribution in [2.24, 2.45) is 0 Å². The standard InChI is InChI=1S/C12H6BrClN2O2/c13-5-4-8-10(16-12(5)15)11(17)9-6(14)2-1-3-7(9)18-8/h1-4H,(H2,15,16). The Morgan fingerprint density at radius 3 is 2.89 bits per heavy atom. The van der Waals surface area contributed by atoms with Gasteiger partial charge in [-0.2, -0.15) is 0 Å². The molecule has 4 nitrogen and oxygen atoms in total. The van der Waals surface area contributed by atoms with E-state index in [2.05, 4.69) is 20.9 Å². The maximum atomic E-state index is 12.3. The average Bonchev–Trinajstić information content (AvgIpc) is 2.32.